The first-order chi connectivity index (χ1) is 10.1. The van der Waals surface area contributed by atoms with Gasteiger partial charge in [0.1, 0.15) is 11.6 Å². The lowest BCUT2D eigenvalue weighted by Gasteiger charge is -2.08. The standard InChI is InChI=1S/C16H10FNO3/c17-10-5-7-11(8-6-10)21-15-9-13(16(19)20)12-3-1-2-4-14(12)18-15/h1-9H,(H,19,20). The van der Waals surface area contributed by atoms with Crippen LogP contribution in [0.2, 0.25) is 0 Å². The van der Waals surface area contributed by atoms with Crippen LogP contribution in [0.4, 0.5) is 4.39 Å². The molecule has 21 heavy (non-hydrogen) atoms. The monoisotopic (exact) mass is 283 g/mol. The van der Waals surface area contributed by atoms with Gasteiger partial charge >= 0.3 is 5.97 Å². The summed E-state index contributed by atoms with van der Waals surface area (Å²) in [4.78, 5) is 15.6. The van der Waals surface area contributed by atoms with E-state index in [1.54, 1.807) is 24.3 Å². The molecule has 0 aliphatic heterocycles. The molecule has 0 spiro atoms. The molecule has 5 heteroatoms. The third-order valence-electron chi connectivity index (χ3n) is 2.96. The Kier molecular flexibility index (Phi) is 3.23. The van der Waals surface area contributed by atoms with Gasteiger partial charge in [-0.25, -0.2) is 14.2 Å². The van der Waals surface area contributed by atoms with Gasteiger partial charge in [-0.3, -0.25) is 0 Å². The number of aromatic nitrogens is 1. The molecule has 0 unspecified atom stereocenters. The van der Waals surface area contributed by atoms with Crippen molar-refractivity contribution in [1.82, 2.24) is 4.98 Å². The Morgan fingerprint density at radius 1 is 1.10 bits per heavy atom. The Hall–Kier alpha value is -2.95. The fourth-order valence-corrected chi connectivity index (χ4v) is 2.00. The fourth-order valence-electron chi connectivity index (χ4n) is 2.00. The van der Waals surface area contributed by atoms with Crippen molar-refractivity contribution < 1.29 is 19.0 Å². The number of para-hydroxylation sites is 1. The van der Waals surface area contributed by atoms with Crippen LogP contribution in [-0.4, -0.2) is 16.1 Å². The molecule has 4 nitrogen and oxygen atoms in total. The summed E-state index contributed by atoms with van der Waals surface area (Å²) in [7, 11) is 0. The zero-order chi connectivity index (χ0) is 14.8. The predicted octanol–water partition coefficient (Wildman–Crippen LogP) is 3.86. The Morgan fingerprint density at radius 2 is 1.81 bits per heavy atom. The number of ether oxygens (including phenoxy) is 1. The number of rotatable bonds is 3. The molecule has 0 bridgehead atoms. The normalized spacial score (nSPS) is 10.5. The van der Waals surface area contributed by atoms with Crippen LogP contribution in [0.15, 0.2) is 54.6 Å². The summed E-state index contributed by atoms with van der Waals surface area (Å²) in [6, 6.07) is 13.7. The van der Waals surface area contributed by atoms with E-state index in [0.717, 1.165) is 0 Å². The highest BCUT2D eigenvalue weighted by atomic mass is 19.1. The van der Waals surface area contributed by atoms with E-state index in [4.69, 9.17) is 4.74 Å². The number of carboxylic acid groups (broad SMARTS) is 1. The molecule has 1 aromatic heterocycles. The highest BCUT2D eigenvalue weighted by molar-refractivity contribution is 6.02. The van der Waals surface area contributed by atoms with E-state index in [2.05, 4.69) is 4.98 Å². The van der Waals surface area contributed by atoms with E-state index in [1.165, 1.54) is 30.3 Å². The molecular formula is C16H10FNO3. The molecular weight excluding hydrogens is 273 g/mol. The minimum Gasteiger partial charge on any atom is -0.478 e. The number of nitrogens with zero attached hydrogens (tertiary/aromatic N) is 1. The van der Waals surface area contributed by atoms with Crippen LogP contribution in [0, 0.1) is 5.82 Å². The largest absolute Gasteiger partial charge is 0.478 e. The second-order valence-electron chi connectivity index (χ2n) is 4.39. The van der Waals surface area contributed by atoms with Crippen molar-refractivity contribution in [2.75, 3.05) is 0 Å². The maximum atomic E-state index is 12.9. The van der Waals surface area contributed by atoms with Crippen molar-refractivity contribution in [3.05, 3.63) is 66.0 Å². The van der Waals surface area contributed by atoms with E-state index in [-0.39, 0.29) is 17.3 Å². The first kappa shape index (κ1) is 13.1. The molecule has 0 saturated carbocycles. The predicted molar refractivity (Wildman–Crippen MR) is 75.2 cm³/mol. The van der Waals surface area contributed by atoms with Gasteiger partial charge in [0.05, 0.1) is 11.1 Å². The molecule has 0 radical (unpaired) electrons. The number of aromatic carboxylic acids is 1. The zero-order valence-corrected chi connectivity index (χ0v) is 10.8. The quantitative estimate of drug-likeness (QED) is 0.792. The Labute approximate surface area is 119 Å². The van der Waals surface area contributed by atoms with Gasteiger partial charge in [-0.05, 0) is 30.3 Å². The summed E-state index contributed by atoms with van der Waals surface area (Å²) in [5.74, 6) is -0.897. The summed E-state index contributed by atoms with van der Waals surface area (Å²) in [6.07, 6.45) is 0. The van der Waals surface area contributed by atoms with Crippen LogP contribution in [0.3, 0.4) is 0 Å². The average molecular weight is 283 g/mol. The molecule has 1 N–H and O–H groups in total. The van der Waals surface area contributed by atoms with Crippen LogP contribution in [0.5, 0.6) is 11.6 Å². The number of pyridine rings is 1. The lowest BCUT2D eigenvalue weighted by molar-refractivity contribution is 0.0698. The summed E-state index contributed by atoms with van der Waals surface area (Å²) < 4.78 is 18.3. The van der Waals surface area contributed by atoms with Gasteiger partial charge < -0.3 is 9.84 Å². The van der Waals surface area contributed by atoms with E-state index in [9.17, 15) is 14.3 Å². The van der Waals surface area contributed by atoms with Crippen molar-refractivity contribution in [2.45, 2.75) is 0 Å². The number of halogens is 1. The van der Waals surface area contributed by atoms with Crippen molar-refractivity contribution in [3.63, 3.8) is 0 Å². The maximum Gasteiger partial charge on any atom is 0.336 e. The molecule has 2 aromatic carbocycles. The van der Waals surface area contributed by atoms with E-state index in [1.807, 2.05) is 0 Å². The SMILES string of the molecule is O=C(O)c1cc(Oc2ccc(F)cc2)nc2ccccc12. The van der Waals surface area contributed by atoms with Crippen LogP contribution >= 0.6 is 0 Å². The van der Waals surface area contributed by atoms with E-state index >= 15 is 0 Å². The second-order valence-corrected chi connectivity index (χ2v) is 4.39. The highest BCUT2D eigenvalue weighted by Crippen LogP contribution is 2.25. The summed E-state index contributed by atoms with van der Waals surface area (Å²) in [5, 5.41) is 9.82. The van der Waals surface area contributed by atoms with Crippen LogP contribution < -0.4 is 4.74 Å². The molecule has 104 valence electrons. The van der Waals surface area contributed by atoms with Gasteiger partial charge in [-0.2, -0.15) is 0 Å². The van der Waals surface area contributed by atoms with Crippen molar-refractivity contribution in [3.8, 4) is 11.6 Å². The van der Waals surface area contributed by atoms with Crippen molar-refractivity contribution in [2.24, 2.45) is 0 Å². The number of benzene rings is 2. The highest BCUT2D eigenvalue weighted by Gasteiger charge is 2.12. The Bertz CT molecular complexity index is 815. The fraction of sp³-hybridized carbons (Fsp3) is 0. The molecule has 0 fully saturated rings. The number of carboxylic acids is 1. The van der Waals surface area contributed by atoms with Gasteiger partial charge in [-0.1, -0.05) is 18.2 Å². The molecule has 3 aromatic rings. The molecule has 0 atom stereocenters. The molecule has 0 aliphatic carbocycles. The van der Waals surface area contributed by atoms with Crippen molar-refractivity contribution in [1.29, 1.82) is 0 Å². The summed E-state index contributed by atoms with van der Waals surface area (Å²) in [5.41, 5.74) is 0.632. The summed E-state index contributed by atoms with van der Waals surface area (Å²) >= 11 is 0. The molecule has 0 saturated heterocycles. The average Bonchev–Trinajstić information content (AvgIpc) is 2.48. The number of hydrogen-bond acceptors (Lipinski definition) is 3. The lowest BCUT2D eigenvalue weighted by atomic mass is 10.1. The third kappa shape index (κ3) is 2.67. The van der Waals surface area contributed by atoms with E-state index < -0.39 is 5.97 Å². The van der Waals surface area contributed by atoms with Crippen molar-refractivity contribution >= 4 is 16.9 Å². The molecule has 0 aliphatic rings. The molecule has 0 amide bonds. The van der Waals surface area contributed by atoms with Crippen LogP contribution in [0.25, 0.3) is 10.9 Å². The second kappa shape index (κ2) is 5.20. The van der Waals surface area contributed by atoms with Gasteiger partial charge in [0.15, 0.2) is 0 Å². The number of hydrogen-bond donors (Lipinski definition) is 1. The number of fused-ring (bicyclic) bond motifs is 1. The molecule has 1 heterocycles. The first-order valence-electron chi connectivity index (χ1n) is 6.20. The maximum absolute atomic E-state index is 12.9. The number of carbonyl (C=O) groups is 1. The van der Waals surface area contributed by atoms with Gasteiger partial charge in [0.2, 0.25) is 5.88 Å². The zero-order valence-electron chi connectivity index (χ0n) is 10.8. The van der Waals surface area contributed by atoms with Gasteiger partial charge in [0.25, 0.3) is 0 Å². The topological polar surface area (TPSA) is 59.4 Å². The first-order valence-corrected chi connectivity index (χ1v) is 6.20. The lowest BCUT2D eigenvalue weighted by Crippen LogP contribution is -2.00. The van der Waals surface area contributed by atoms with E-state index in [0.29, 0.717) is 16.7 Å². The summed E-state index contributed by atoms with van der Waals surface area (Å²) in [6.45, 7) is 0. The van der Waals surface area contributed by atoms with Gasteiger partial charge in [0, 0.05) is 11.5 Å². The minimum atomic E-state index is -1.06. The smallest absolute Gasteiger partial charge is 0.336 e. The van der Waals surface area contributed by atoms with Crippen LogP contribution in [-0.2, 0) is 0 Å². The van der Waals surface area contributed by atoms with Gasteiger partial charge in [-0.15, -0.1) is 0 Å². The third-order valence-corrected chi connectivity index (χ3v) is 2.96. The minimum absolute atomic E-state index is 0.109. The Morgan fingerprint density at radius 3 is 2.52 bits per heavy atom. The van der Waals surface area contributed by atoms with Crippen LogP contribution in [0.1, 0.15) is 10.4 Å². The Balaban J connectivity index is 2.06. The molecule has 3 rings (SSSR count).